The molecule has 0 N–H and O–H groups in total. The van der Waals surface area contributed by atoms with Crippen molar-refractivity contribution in [2.75, 3.05) is 23.1 Å². The summed E-state index contributed by atoms with van der Waals surface area (Å²) < 4.78 is 12.3. The molecule has 0 radical (unpaired) electrons. The van der Waals surface area contributed by atoms with Crippen molar-refractivity contribution >= 4 is 40.1 Å². The van der Waals surface area contributed by atoms with E-state index < -0.39 is 11.2 Å². The maximum Gasteiger partial charge on any atom is 0.252 e. The third kappa shape index (κ3) is 4.06. The smallest absolute Gasteiger partial charge is 0.252 e. The zero-order chi connectivity index (χ0) is 17.8. The number of aliphatic imine (C=N–C) groups is 1. The quantitative estimate of drug-likeness (QED) is 0.750. The van der Waals surface area contributed by atoms with Crippen LogP contribution < -0.4 is 4.90 Å². The van der Waals surface area contributed by atoms with E-state index in [4.69, 9.17) is 11.6 Å². The minimum absolute atomic E-state index is 0.0276. The van der Waals surface area contributed by atoms with Crippen molar-refractivity contribution in [3.05, 3.63) is 64.7 Å². The number of rotatable bonds is 5. The van der Waals surface area contributed by atoms with Crippen LogP contribution >= 0.6 is 11.6 Å². The van der Waals surface area contributed by atoms with Gasteiger partial charge in [-0.25, -0.2) is 0 Å². The zero-order valence-corrected chi connectivity index (χ0v) is 15.5. The molecule has 1 atom stereocenters. The SMILES string of the molecule is CCC[S+]([O-])CN1C(=O)CN=C(c2ccccc2)c2cc(Cl)ccc21. The summed E-state index contributed by atoms with van der Waals surface area (Å²) in [5, 5.41) is 0.575. The van der Waals surface area contributed by atoms with Gasteiger partial charge in [0.2, 0.25) is 0 Å². The van der Waals surface area contributed by atoms with Crippen LogP contribution in [0.3, 0.4) is 0 Å². The first-order valence-electron chi connectivity index (χ1n) is 8.15. The molecule has 1 aliphatic rings. The van der Waals surface area contributed by atoms with Crippen molar-refractivity contribution in [2.24, 2.45) is 4.99 Å². The summed E-state index contributed by atoms with van der Waals surface area (Å²) in [5.41, 5.74) is 3.16. The molecule has 6 heteroatoms. The van der Waals surface area contributed by atoms with Gasteiger partial charge in [-0.3, -0.25) is 14.7 Å². The molecule has 0 saturated carbocycles. The summed E-state index contributed by atoms with van der Waals surface area (Å²) in [5.74, 6) is 0.594. The van der Waals surface area contributed by atoms with E-state index in [2.05, 4.69) is 4.99 Å². The predicted octanol–water partition coefficient (Wildman–Crippen LogP) is 3.64. The van der Waals surface area contributed by atoms with Gasteiger partial charge in [0.1, 0.15) is 12.3 Å². The summed E-state index contributed by atoms with van der Waals surface area (Å²) in [6, 6.07) is 15.1. The highest BCUT2D eigenvalue weighted by atomic mass is 35.5. The molecule has 3 rings (SSSR count). The van der Waals surface area contributed by atoms with Crippen molar-refractivity contribution < 1.29 is 9.35 Å². The Labute approximate surface area is 155 Å². The van der Waals surface area contributed by atoms with Crippen molar-refractivity contribution in [1.82, 2.24) is 0 Å². The van der Waals surface area contributed by atoms with Gasteiger partial charge in [-0.15, -0.1) is 0 Å². The molecule has 1 amide bonds. The second kappa shape index (κ2) is 8.04. The number of halogens is 1. The highest BCUT2D eigenvalue weighted by Crippen LogP contribution is 2.30. The number of amides is 1. The largest absolute Gasteiger partial charge is 0.615 e. The van der Waals surface area contributed by atoms with Crippen LogP contribution in [0.25, 0.3) is 0 Å². The number of hydrogen-bond donors (Lipinski definition) is 0. The van der Waals surface area contributed by atoms with Crippen molar-refractivity contribution in [3.63, 3.8) is 0 Å². The first-order valence-corrected chi connectivity index (χ1v) is 10.0. The Bertz CT molecular complexity index is 795. The van der Waals surface area contributed by atoms with Crippen molar-refractivity contribution in [1.29, 1.82) is 0 Å². The van der Waals surface area contributed by atoms with Gasteiger partial charge in [0.15, 0.2) is 5.88 Å². The van der Waals surface area contributed by atoms with Crippen molar-refractivity contribution in [2.45, 2.75) is 13.3 Å². The van der Waals surface area contributed by atoms with Gasteiger partial charge in [0, 0.05) is 16.1 Å². The Morgan fingerprint density at radius 3 is 2.72 bits per heavy atom. The van der Waals surface area contributed by atoms with Gasteiger partial charge in [-0.1, -0.05) is 48.9 Å². The predicted molar refractivity (Wildman–Crippen MR) is 104 cm³/mol. The molecular formula is C19H19ClN2O2S. The lowest BCUT2D eigenvalue weighted by molar-refractivity contribution is -0.117. The lowest BCUT2D eigenvalue weighted by atomic mass is 10.0. The monoisotopic (exact) mass is 374 g/mol. The summed E-state index contributed by atoms with van der Waals surface area (Å²) in [7, 11) is 0. The van der Waals surface area contributed by atoms with Crippen LogP contribution in [0.15, 0.2) is 53.5 Å². The Morgan fingerprint density at radius 2 is 2.00 bits per heavy atom. The van der Waals surface area contributed by atoms with E-state index in [1.54, 1.807) is 11.0 Å². The number of benzodiazepines with no additional fused rings is 1. The average molecular weight is 375 g/mol. The van der Waals surface area contributed by atoms with E-state index in [0.717, 1.165) is 23.3 Å². The molecule has 2 aromatic rings. The number of fused-ring (bicyclic) bond motifs is 1. The topological polar surface area (TPSA) is 55.7 Å². The minimum atomic E-state index is -1.09. The maximum atomic E-state index is 12.6. The van der Waals surface area contributed by atoms with E-state index >= 15 is 0 Å². The molecule has 0 spiro atoms. The highest BCUT2D eigenvalue weighted by Gasteiger charge is 2.28. The van der Waals surface area contributed by atoms with Crippen LogP contribution in [0.4, 0.5) is 5.69 Å². The molecule has 2 aromatic carbocycles. The van der Waals surface area contributed by atoms with Crippen LogP contribution in [0.2, 0.25) is 5.02 Å². The molecule has 130 valence electrons. The Kier molecular flexibility index (Phi) is 5.78. The number of benzene rings is 2. The van der Waals surface area contributed by atoms with Crippen LogP contribution in [0, 0.1) is 0 Å². The molecule has 0 aliphatic carbocycles. The number of hydrogen-bond acceptors (Lipinski definition) is 3. The van der Waals surface area contributed by atoms with E-state index in [-0.39, 0.29) is 18.3 Å². The second-order valence-electron chi connectivity index (χ2n) is 5.79. The molecule has 0 aromatic heterocycles. The Balaban J connectivity index is 2.07. The molecule has 0 fully saturated rings. The molecular weight excluding hydrogens is 356 g/mol. The van der Waals surface area contributed by atoms with E-state index in [9.17, 15) is 9.35 Å². The fraction of sp³-hybridized carbons (Fsp3) is 0.263. The van der Waals surface area contributed by atoms with Crippen LogP contribution in [-0.4, -0.2) is 34.3 Å². The summed E-state index contributed by atoms with van der Waals surface area (Å²) in [6.07, 6.45) is 0.813. The lowest BCUT2D eigenvalue weighted by Gasteiger charge is -2.24. The van der Waals surface area contributed by atoms with Gasteiger partial charge < -0.3 is 4.55 Å². The van der Waals surface area contributed by atoms with Crippen LogP contribution in [0.1, 0.15) is 24.5 Å². The molecule has 25 heavy (non-hydrogen) atoms. The average Bonchev–Trinajstić information content (AvgIpc) is 2.73. The Hall–Kier alpha value is -1.82. The molecule has 4 nitrogen and oxygen atoms in total. The highest BCUT2D eigenvalue weighted by molar-refractivity contribution is 7.91. The fourth-order valence-electron chi connectivity index (χ4n) is 2.81. The molecule has 0 saturated heterocycles. The fourth-order valence-corrected chi connectivity index (χ4v) is 4.13. The molecule has 1 unspecified atom stereocenters. The van der Waals surface area contributed by atoms with Crippen LogP contribution in [-0.2, 0) is 16.0 Å². The minimum Gasteiger partial charge on any atom is -0.615 e. The van der Waals surface area contributed by atoms with Gasteiger partial charge in [-0.05, 0) is 35.8 Å². The molecule has 1 heterocycles. The summed E-state index contributed by atoms with van der Waals surface area (Å²) >= 11 is 5.11. The van der Waals surface area contributed by atoms with E-state index in [0.29, 0.717) is 16.5 Å². The van der Waals surface area contributed by atoms with Crippen molar-refractivity contribution in [3.8, 4) is 0 Å². The molecule has 0 bridgehead atoms. The first-order chi connectivity index (χ1) is 12.1. The van der Waals surface area contributed by atoms with E-state index in [1.807, 2.05) is 49.4 Å². The third-order valence-electron chi connectivity index (χ3n) is 3.93. The standard InChI is InChI=1S/C19H19ClN2O2S/c1-2-10-25(24)13-22-17-9-8-15(20)11-16(17)19(21-12-18(22)23)14-6-4-3-5-7-14/h3-9,11H,2,10,12-13H2,1H3. The maximum absolute atomic E-state index is 12.6. The van der Waals surface area contributed by atoms with Gasteiger partial charge >= 0.3 is 0 Å². The normalized spacial score (nSPS) is 15.4. The van der Waals surface area contributed by atoms with Gasteiger partial charge in [-0.2, -0.15) is 0 Å². The first kappa shape index (κ1) is 18.0. The second-order valence-corrected chi connectivity index (χ2v) is 7.77. The lowest BCUT2D eigenvalue weighted by Crippen LogP contribution is -2.37. The number of nitrogens with zero attached hydrogens (tertiary/aromatic N) is 2. The number of anilines is 1. The van der Waals surface area contributed by atoms with E-state index in [1.165, 1.54) is 0 Å². The zero-order valence-electron chi connectivity index (χ0n) is 13.9. The molecule has 1 aliphatic heterocycles. The number of carbonyl (C=O) groups is 1. The Morgan fingerprint density at radius 1 is 1.24 bits per heavy atom. The third-order valence-corrected chi connectivity index (χ3v) is 5.57. The number of carbonyl (C=O) groups excluding carboxylic acids is 1. The van der Waals surface area contributed by atoms with Gasteiger partial charge in [0.05, 0.1) is 11.4 Å². The van der Waals surface area contributed by atoms with Crippen LogP contribution in [0.5, 0.6) is 0 Å². The summed E-state index contributed by atoms with van der Waals surface area (Å²) in [4.78, 5) is 18.7. The van der Waals surface area contributed by atoms with Gasteiger partial charge in [0.25, 0.3) is 5.91 Å². The summed E-state index contributed by atoms with van der Waals surface area (Å²) in [6.45, 7) is 2.01.